The maximum absolute atomic E-state index is 14.0. The van der Waals surface area contributed by atoms with Crippen molar-refractivity contribution >= 4 is 0 Å². The normalized spacial score (nSPS) is 15.6. The molecule has 0 radical (unpaired) electrons. The molecule has 1 N–H and O–H groups in total. The highest BCUT2D eigenvalue weighted by Gasteiger charge is 2.31. The van der Waals surface area contributed by atoms with Crippen LogP contribution in [0.4, 0.5) is 4.39 Å². The molecule has 20 heavy (non-hydrogen) atoms. The first-order valence-corrected chi connectivity index (χ1v) is 6.69. The highest BCUT2D eigenvalue weighted by Crippen LogP contribution is 2.40. The van der Waals surface area contributed by atoms with Crippen LogP contribution in [-0.2, 0) is 5.41 Å². The molecule has 0 saturated heterocycles. The van der Waals surface area contributed by atoms with E-state index in [0.717, 1.165) is 24.7 Å². The predicted molar refractivity (Wildman–Crippen MR) is 71.5 cm³/mol. The monoisotopic (exact) mass is 276 g/mol. The Morgan fingerprint density at radius 3 is 2.60 bits per heavy atom. The first-order valence-electron chi connectivity index (χ1n) is 6.69. The predicted octanol–water partition coefficient (Wildman–Crippen LogP) is 2.68. The highest BCUT2D eigenvalue weighted by molar-refractivity contribution is 5.50. The average molecular weight is 276 g/mol. The fourth-order valence-electron chi connectivity index (χ4n) is 2.26. The molecule has 5 nitrogen and oxygen atoms in total. The number of hydrogen-bond donors (Lipinski definition) is 1. The van der Waals surface area contributed by atoms with Gasteiger partial charge in [-0.05, 0) is 40.3 Å². The number of rotatable bonds is 2. The topological polar surface area (TPSA) is 63.8 Å². The zero-order chi connectivity index (χ0) is 14.5. The van der Waals surface area contributed by atoms with Crippen LogP contribution in [0.25, 0.3) is 5.69 Å². The van der Waals surface area contributed by atoms with E-state index in [1.165, 1.54) is 4.68 Å². The minimum Gasteiger partial charge on any atom is -0.506 e. The van der Waals surface area contributed by atoms with Crippen LogP contribution in [0.1, 0.15) is 50.9 Å². The number of aromatic nitrogens is 4. The quantitative estimate of drug-likeness (QED) is 0.916. The summed E-state index contributed by atoms with van der Waals surface area (Å²) in [7, 11) is 0. The largest absolute Gasteiger partial charge is 0.506 e. The lowest BCUT2D eigenvalue weighted by Crippen LogP contribution is -2.15. The zero-order valence-corrected chi connectivity index (χ0v) is 11.8. The Kier molecular flexibility index (Phi) is 2.77. The first-order chi connectivity index (χ1) is 9.38. The summed E-state index contributed by atoms with van der Waals surface area (Å²) in [5, 5.41) is 21.6. The third-order valence-corrected chi connectivity index (χ3v) is 3.54. The molecule has 0 amide bonds. The molecule has 0 bridgehead atoms. The zero-order valence-electron chi connectivity index (χ0n) is 11.8. The Labute approximate surface area is 116 Å². The number of tetrazole rings is 1. The molecule has 1 heterocycles. The molecule has 1 aliphatic rings. The lowest BCUT2D eigenvalue weighted by atomic mass is 9.86. The molecular formula is C14H17FN4O. The summed E-state index contributed by atoms with van der Waals surface area (Å²) in [5.74, 6) is 0.504. The van der Waals surface area contributed by atoms with Crippen molar-refractivity contribution in [2.75, 3.05) is 0 Å². The van der Waals surface area contributed by atoms with Gasteiger partial charge in [0.15, 0.2) is 5.82 Å². The number of benzene rings is 1. The van der Waals surface area contributed by atoms with E-state index in [1.54, 1.807) is 6.07 Å². The van der Waals surface area contributed by atoms with Crippen molar-refractivity contribution in [1.29, 1.82) is 0 Å². The Hall–Kier alpha value is -1.98. The van der Waals surface area contributed by atoms with Crippen LogP contribution in [-0.4, -0.2) is 25.3 Å². The fourth-order valence-corrected chi connectivity index (χ4v) is 2.26. The summed E-state index contributed by atoms with van der Waals surface area (Å²) in [6, 6.07) is 2.77. The molecule has 0 unspecified atom stereocenters. The molecule has 1 saturated carbocycles. The number of nitrogens with zero attached hydrogens (tertiary/aromatic N) is 4. The van der Waals surface area contributed by atoms with Gasteiger partial charge in [-0.2, -0.15) is 4.68 Å². The summed E-state index contributed by atoms with van der Waals surface area (Å²) in [6.45, 7) is 5.77. The molecule has 1 aromatic heterocycles. The lowest BCUT2D eigenvalue weighted by molar-refractivity contribution is 0.455. The van der Waals surface area contributed by atoms with E-state index in [-0.39, 0.29) is 11.2 Å². The summed E-state index contributed by atoms with van der Waals surface area (Å²) >= 11 is 0. The van der Waals surface area contributed by atoms with Crippen molar-refractivity contribution in [2.24, 2.45) is 0 Å². The number of hydrogen-bond acceptors (Lipinski definition) is 4. The second-order valence-corrected chi connectivity index (χ2v) is 6.29. The van der Waals surface area contributed by atoms with Gasteiger partial charge in [0.05, 0.1) is 0 Å². The molecule has 1 aliphatic carbocycles. The van der Waals surface area contributed by atoms with Gasteiger partial charge in [-0.1, -0.05) is 20.8 Å². The van der Waals surface area contributed by atoms with E-state index in [1.807, 2.05) is 20.8 Å². The third kappa shape index (κ3) is 2.15. The van der Waals surface area contributed by atoms with Crippen LogP contribution in [0.3, 0.4) is 0 Å². The molecule has 2 aromatic rings. The van der Waals surface area contributed by atoms with E-state index in [9.17, 15) is 9.50 Å². The van der Waals surface area contributed by atoms with Crippen molar-refractivity contribution in [3.05, 3.63) is 29.3 Å². The Bertz CT molecular complexity index is 656. The van der Waals surface area contributed by atoms with Gasteiger partial charge in [-0.25, -0.2) is 4.39 Å². The molecule has 0 aliphatic heterocycles. The van der Waals surface area contributed by atoms with Gasteiger partial charge in [0.2, 0.25) is 0 Å². The number of phenols is 1. The van der Waals surface area contributed by atoms with E-state index in [4.69, 9.17) is 0 Å². The standard InChI is InChI=1S/C14H17FN4O/c1-14(2,3)9-6-11(12(20)7-10(9)15)19-13(8-4-5-8)16-17-18-19/h6-8,20H,4-5H2,1-3H3. The smallest absolute Gasteiger partial charge is 0.159 e. The van der Waals surface area contributed by atoms with Crippen LogP contribution in [0.15, 0.2) is 12.1 Å². The Morgan fingerprint density at radius 2 is 2.00 bits per heavy atom. The summed E-state index contributed by atoms with van der Waals surface area (Å²) in [6.07, 6.45) is 2.10. The molecule has 0 atom stereocenters. The van der Waals surface area contributed by atoms with Gasteiger partial charge in [-0.3, -0.25) is 0 Å². The molecular weight excluding hydrogens is 259 g/mol. The van der Waals surface area contributed by atoms with Crippen LogP contribution in [0.2, 0.25) is 0 Å². The summed E-state index contributed by atoms with van der Waals surface area (Å²) < 4.78 is 15.5. The van der Waals surface area contributed by atoms with Crippen molar-refractivity contribution in [3.63, 3.8) is 0 Å². The lowest BCUT2D eigenvalue weighted by Gasteiger charge is -2.21. The minimum absolute atomic E-state index is 0.148. The Balaban J connectivity index is 2.15. The minimum atomic E-state index is -0.417. The summed E-state index contributed by atoms with van der Waals surface area (Å²) in [5.41, 5.74) is 0.603. The van der Waals surface area contributed by atoms with Crippen molar-refractivity contribution in [1.82, 2.24) is 20.2 Å². The van der Waals surface area contributed by atoms with Gasteiger partial charge in [-0.15, -0.1) is 5.10 Å². The molecule has 1 fully saturated rings. The second-order valence-electron chi connectivity index (χ2n) is 6.29. The third-order valence-electron chi connectivity index (χ3n) is 3.54. The van der Waals surface area contributed by atoms with Gasteiger partial charge < -0.3 is 5.11 Å². The molecule has 3 rings (SSSR count). The second kappa shape index (κ2) is 4.26. The van der Waals surface area contributed by atoms with Crippen LogP contribution in [0.5, 0.6) is 5.75 Å². The van der Waals surface area contributed by atoms with Crippen LogP contribution >= 0.6 is 0 Å². The van der Waals surface area contributed by atoms with Crippen molar-refractivity contribution < 1.29 is 9.50 Å². The fraction of sp³-hybridized carbons (Fsp3) is 0.500. The maximum atomic E-state index is 14.0. The van der Waals surface area contributed by atoms with Crippen LogP contribution < -0.4 is 0 Å². The van der Waals surface area contributed by atoms with Gasteiger partial charge in [0.1, 0.15) is 17.3 Å². The number of halogens is 1. The van der Waals surface area contributed by atoms with Gasteiger partial charge in [0.25, 0.3) is 0 Å². The maximum Gasteiger partial charge on any atom is 0.159 e. The van der Waals surface area contributed by atoms with E-state index >= 15 is 0 Å². The van der Waals surface area contributed by atoms with Crippen molar-refractivity contribution in [3.8, 4) is 11.4 Å². The van der Waals surface area contributed by atoms with E-state index in [0.29, 0.717) is 17.2 Å². The summed E-state index contributed by atoms with van der Waals surface area (Å²) in [4.78, 5) is 0. The molecule has 1 aromatic carbocycles. The van der Waals surface area contributed by atoms with Crippen LogP contribution in [0, 0.1) is 5.82 Å². The molecule has 0 spiro atoms. The molecule has 6 heteroatoms. The van der Waals surface area contributed by atoms with Crippen molar-refractivity contribution in [2.45, 2.75) is 44.9 Å². The van der Waals surface area contributed by atoms with Gasteiger partial charge >= 0.3 is 0 Å². The number of aromatic hydroxyl groups is 1. The number of phenolic OH excluding ortho intramolecular Hbond substituents is 1. The van der Waals surface area contributed by atoms with E-state index in [2.05, 4.69) is 15.5 Å². The van der Waals surface area contributed by atoms with Gasteiger partial charge in [0, 0.05) is 12.0 Å². The Morgan fingerprint density at radius 1 is 1.30 bits per heavy atom. The first kappa shape index (κ1) is 13.0. The highest BCUT2D eigenvalue weighted by atomic mass is 19.1. The molecule has 106 valence electrons. The van der Waals surface area contributed by atoms with E-state index < -0.39 is 5.82 Å². The SMILES string of the molecule is CC(C)(C)c1cc(-n2nnnc2C2CC2)c(O)cc1F. The average Bonchev–Trinajstić information content (AvgIpc) is 3.06.